The van der Waals surface area contributed by atoms with Crippen LogP contribution in [0.5, 0.6) is 0 Å². The number of carbonyl (C=O) groups excluding carboxylic acids is 2. The SMILES string of the molecule is Cc1c(NC(=O)CNc2cc(Cl)cc(Cl)c2)cccc1NC(=O)C1CC1. The predicted molar refractivity (Wildman–Crippen MR) is 106 cm³/mol. The van der Waals surface area contributed by atoms with Gasteiger partial charge in [-0.2, -0.15) is 0 Å². The topological polar surface area (TPSA) is 70.2 Å². The summed E-state index contributed by atoms with van der Waals surface area (Å²) in [7, 11) is 0. The monoisotopic (exact) mass is 391 g/mol. The molecule has 5 nitrogen and oxygen atoms in total. The van der Waals surface area contributed by atoms with Crippen molar-refractivity contribution in [3.8, 4) is 0 Å². The summed E-state index contributed by atoms with van der Waals surface area (Å²) >= 11 is 11.9. The molecule has 136 valence electrons. The molecule has 0 saturated heterocycles. The van der Waals surface area contributed by atoms with Gasteiger partial charge in [0.2, 0.25) is 11.8 Å². The second-order valence-electron chi connectivity index (χ2n) is 6.30. The molecule has 0 aromatic heterocycles. The van der Waals surface area contributed by atoms with Crippen LogP contribution >= 0.6 is 23.2 Å². The Morgan fingerprint density at radius 3 is 2.27 bits per heavy atom. The molecule has 2 aromatic rings. The number of carbonyl (C=O) groups is 2. The number of halogens is 2. The van der Waals surface area contributed by atoms with Gasteiger partial charge in [0.1, 0.15) is 0 Å². The van der Waals surface area contributed by atoms with Crippen LogP contribution in [0.3, 0.4) is 0 Å². The normalized spacial score (nSPS) is 13.2. The Hall–Kier alpha value is -2.24. The average molecular weight is 392 g/mol. The maximum absolute atomic E-state index is 12.2. The van der Waals surface area contributed by atoms with Gasteiger partial charge in [-0.05, 0) is 55.7 Å². The third-order valence-corrected chi connectivity index (χ3v) is 4.57. The molecule has 3 N–H and O–H groups in total. The van der Waals surface area contributed by atoms with Crippen molar-refractivity contribution in [2.24, 2.45) is 5.92 Å². The fourth-order valence-electron chi connectivity index (χ4n) is 2.52. The zero-order valence-electron chi connectivity index (χ0n) is 14.2. The lowest BCUT2D eigenvalue weighted by atomic mass is 10.1. The minimum absolute atomic E-state index is 0.0380. The van der Waals surface area contributed by atoms with E-state index >= 15 is 0 Å². The summed E-state index contributed by atoms with van der Waals surface area (Å²) in [4.78, 5) is 24.2. The van der Waals surface area contributed by atoms with E-state index in [4.69, 9.17) is 23.2 Å². The number of nitrogens with one attached hydrogen (secondary N) is 3. The molecule has 2 amide bonds. The van der Waals surface area contributed by atoms with Gasteiger partial charge in [-0.25, -0.2) is 0 Å². The molecule has 1 fully saturated rings. The van der Waals surface area contributed by atoms with Crippen LogP contribution in [0.2, 0.25) is 10.0 Å². The summed E-state index contributed by atoms with van der Waals surface area (Å²) in [6.45, 7) is 1.93. The first-order valence-electron chi connectivity index (χ1n) is 8.32. The van der Waals surface area contributed by atoms with Gasteiger partial charge in [0.25, 0.3) is 0 Å². The molecule has 0 heterocycles. The Balaban J connectivity index is 1.60. The number of hydrogen-bond acceptors (Lipinski definition) is 3. The highest BCUT2D eigenvalue weighted by Crippen LogP contribution is 2.31. The maximum Gasteiger partial charge on any atom is 0.243 e. The van der Waals surface area contributed by atoms with Gasteiger partial charge in [-0.1, -0.05) is 29.3 Å². The van der Waals surface area contributed by atoms with E-state index in [-0.39, 0.29) is 24.3 Å². The Morgan fingerprint density at radius 2 is 1.65 bits per heavy atom. The number of hydrogen-bond donors (Lipinski definition) is 3. The second-order valence-corrected chi connectivity index (χ2v) is 7.17. The molecule has 0 aliphatic heterocycles. The van der Waals surface area contributed by atoms with E-state index in [1.807, 2.05) is 13.0 Å². The lowest BCUT2D eigenvalue weighted by Gasteiger charge is -2.14. The van der Waals surface area contributed by atoms with E-state index in [0.29, 0.717) is 27.1 Å². The molecule has 3 rings (SSSR count). The van der Waals surface area contributed by atoms with Crippen molar-refractivity contribution in [1.82, 2.24) is 0 Å². The van der Waals surface area contributed by atoms with E-state index in [1.54, 1.807) is 30.3 Å². The van der Waals surface area contributed by atoms with Gasteiger partial charge in [0.15, 0.2) is 0 Å². The van der Waals surface area contributed by atoms with Gasteiger partial charge in [-0.3, -0.25) is 9.59 Å². The van der Waals surface area contributed by atoms with Crippen molar-refractivity contribution in [2.45, 2.75) is 19.8 Å². The molecule has 2 aromatic carbocycles. The molecule has 0 spiro atoms. The molecule has 0 unspecified atom stereocenters. The highest BCUT2D eigenvalue weighted by atomic mass is 35.5. The van der Waals surface area contributed by atoms with Gasteiger partial charge in [0.05, 0.1) is 6.54 Å². The second kappa shape index (κ2) is 7.98. The van der Waals surface area contributed by atoms with Crippen LogP contribution in [0.4, 0.5) is 17.1 Å². The van der Waals surface area contributed by atoms with Crippen molar-refractivity contribution in [2.75, 3.05) is 22.5 Å². The molecule has 7 heteroatoms. The minimum atomic E-state index is -0.213. The van der Waals surface area contributed by atoms with Gasteiger partial charge in [0, 0.05) is 33.0 Å². The summed E-state index contributed by atoms with van der Waals surface area (Å²) < 4.78 is 0. The number of amides is 2. The number of rotatable bonds is 6. The lowest BCUT2D eigenvalue weighted by molar-refractivity contribution is -0.117. The smallest absolute Gasteiger partial charge is 0.243 e. The molecular formula is C19H19Cl2N3O2. The maximum atomic E-state index is 12.2. The third kappa shape index (κ3) is 4.90. The lowest BCUT2D eigenvalue weighted by Crippen LogP contribution is -2.22. The minimum Gasteiger partial charge on any atom is -0.376 e. The third-order valence-electron chi connectivity index (χ3n) is 4.13. The summed E-state index contributed by atoms with van der Waals surface area (Å²) in [6.07, 6.45) is 1.89. The highest BCUT2D eigenvalue weighted by Gasteiger charge is 2.29. The average Bonchev–Trinajstić information content (AvgIpc) is 3.41. The van der Waals surface area contributed by atoms with Crippen LogP contribution in [-0.4, -0.2) is 18.4 Å². The van der Waals surface area contributed by atoms with Crippen molar-refractivity contribution >= 4 is 52.1 Å². The molecule has 1 saturated carbocycles. The first-order chi connectivity index (χ1) is 12.4. The van der Waals surface area contributed by atoms with Crippen molar-refractivity contribution in [3.05, 3.63) is 52.0 Å². The van der Waals surface area contributed by atoms with E-state index in [0.717, 1.165) is 18.4 Å². The van der Waals surface area contributed by atoms with Crippen molar-refractivity contribution in [1.29, 1.82) is 0 Å². The Bertz CT molecular complexity index is 830. The summed E-state index contributed by atoms with van der Waals surface area (Å²) in [5.41, 5.74) is 2.87. The first-order valence-corrected chi connectivity index (χ1v) is 9.08. The number of anilines is 3. The summed E-state index contributed by atoms with van der Waals surface area (Å²) in [6, 6.07) is 10.4. The first kappa shape index (κ1) is 18.5. The largest absolute Gasteiger partial charge is 0.376 e. The quantitative estimate of drug-likeness (QED) is 0.667. The van der Waals surface area contributed by atoms with E-state index in [2.05, 4.69) is 16.0 Å². The van der Waals surface area contributed by atoms with Crippen LogP contribution in [0.25, 0.3) is 0 Å². The molecule has 0 bridgehead atoms. The fourth-order valence-corrected chi connectivity index (χ4v) is 3.05. The predicted octanol–water partition coefficient (Wildman–Crippen LogP) is 4.70. The standard InChI is InChI=1S/C19H19Cl2N3O2/c1-11-16(3-2-4-17(11)24-19(26)12-5-6-12)23-18(25)10-22-15-8-13(20)7-14(21)9-15/h2-4,7-9,12,22H,5-6,10H2,1H3,(H,23,25)(H,24,26). The molecule has 26 heavy (non-hydrogen) atoms. The molecule has 0 radical (unpaired) electrons. The van der Waals surface area contributed by atoms with E-state index in [9.17, 15) is 9.59 Å². The van der Waals surface area contributed by atoms with E-state index < -0.39 is 0 Å². The van der Waals surface area contributed by atoms with Gasteiger partial charge < -0.3 is 16.0 Å². The highest BCUT2D eigenvalue weighted by molar-refractivity contribution is 6.35. The van der Waals surface area contributed by atoms with E-state index in [1.165, 1.54) is 0 Å². The van der Waals surface area contributed by atoms with Crippen molar-refractivity contribution in [3.63, 3.8) is 0 Å². The molecule has 1 aliphatic carbocycles. The summed E-state index contributed by atoms with van der Waals surface area (Å²) in [5, 5.41) is 9.75. The Morgan fingerprint density at radius 1 is 1.04 bits per heavy atom. The van der Waals surface area contributed by atoms with Crippen LogP contribution < -0.4 is 16.0 Å². The van der Waals surface area contributed by atoms with Gasteiger partial charge >= 0.3 is 0 Å². The van der Waals surface area contributed by atoms with Crippen LogP contribution in [-0.2, 0) is 9.59 Å². The fraction of sp³-hybridized carbons (Fsp3) is 0.263. The van der Waals surface area contributed by atoms with Crippen LogP contribution in [0.15, 0.2) is 36.4 Å². The van der Waals surface area contributed by atoms with Crippen LogP contribution in [0.1, 0.15) is 18.4 Å². The number of benzene rings is 2. The zero-order chi connectivity index (χ0) is 18.7. The molecular weight excluding hydrogens is 373 g/mol. The zero-order valence-corrected chi connectivity index (χ0v) is 15.7. The summed E-state index contributed by atoms with van der Waals surface area (Å²) in [5.74, 6) is -0.0488. The Labute approximate surface area is 162 Å². The molecule has 0 atom stereocenters. The Kier molecular flexibility index (Phi) is 5.69. The molecule has 1 aliphatic rings. The van der Waals surface area contributed by atoms with Gasteiger partial charge in [-0.15, -0.1) is 0 Å². The van der Waals surface area contributed by atoms with Crippen LogP contribution in [0, 0.1) is 12.8 Å². The van der Waals surface area contributed by atoms with Crippen molar-refractivity contribution < 1.29 is 9.59 Å².